The standard InChI is InChI=1S/C49H31N.C3H6O.C3H6.H2S2/c1-2-15-39-37(13-1)38-14-3-4-16-40(38)47-28-32(24-26-42(39)47)31-11-9-12-33(27-31)36-19-10-20-41-45-30-35(25-23-34(45)29-46(36)41)50-48-21-7-5-17-43(48)44-18-6-8-22-49(44)50;1-2-3-4;1-3-2;1-2/h1-28,30H,29H2;2,4H,1,3H2;3H,1H2,2H3;1-2H. The van der Waals surface area contributed by atoms with E-state index in [4.69, 9.17) is 5.11 Å². The molecule has 1 N–H and O–H groups in total. The van der Waals surface area contributed by atoms with Crippen LogP contribution in [0.3, 0.4) is 0 Å². The summed E-state index contributed by atoms with van der Waals surface area (Å²) in [6, 6.07) is 65.2. The van der Waals surface area contributed by atoms with Crippen molar-refractivity contribution in [2.75, 3.05) is 6.61 Å². The van der Waals surface area contributed by atoms with Crippen molar-refractivity contribution >= 4 is 77.4 Å². The summed E-state index contributed by atoms with van der Waals surface area (Å²) in [6.45, 7) is 8.56. The predicted octanol–water partition coefficient (Wildman–Crippen LogP) is 15.3. The fourth-order valence-electron chi connectivity index (χ4n) is 8.75. The van der Waals surface area contributed by atoms with Crippen molar-refractivity contribution in [3.05, 3.63) is 212 Å². The van der Waals surface area contributed by atoms with Crippen LogP contribution in [-0.4, -0.2) is 16.3 Å². The van der Waals surface area contributed by atoms with Crippen LogP contribution < -0.4 is 0 Å². The maximum Gasteiger partial charge on any atom is 0.0609 e. The van der Waals surface area contributed by atoms with Gasteiger partial charge in [0.05, 0.1) is 17.6 Å². The molecular weight excluding hydrogens is 755 g/mol. The molecule has 0 radical (unpaired) electrons. The van der Waals surface area contributed by atoms with E-state index in [-0.39, 0.29) is 6.61 Å². The molecule has 9 aromatic carbocycles. The largest absolute Gasteiger partial charge is 0.392 e. The van der Waals surface area contributed by atoms with Crippen molar-refractivity contribution in [1.82, 2.24) is 4.57 Å². The Kier molecular flexibility index (Phi) is 11.8. The molecule has 288 valence electrons. The number of thiol groups is 2. The zero-order valence-corrected chi connectivity index (χ0v) is 34.8. The number of rotatable bonds is 4. The van der Waals surface area contributed by atoms with Crippen LogP contribution in [0, 0.1) is 0 Å². The van der Waals surface area contributed by atoms with Gasteiger partial charge >= 0.3 is 0 Å². The van der Waals surface area contributed by atoms with Crippen molar-refractivity contribution in [3.63, 3.8) is 0 Å². The molecule has 0 bridgehead atoms. The summed E-state index contributed by atoms with van der Waals surface area (Å²) >= 11 is 6.44. The molecule has 1 aromatic heterocycles. The van der Waals surface area contributed by atoms with Gasteiger partial charge in [0.25, 0.3) is 0 Å². The number of hydrogen-bond donors (Lipinski definition) is 3. The lowest BCUT2D eigenvalue weighted by Crippen LogP contribution is -1.94. The highest BCUT2D eigenvalue weighted by atomic mass is 33.1. The van der Waals surface area contributed by atoms with Gasteiger partial charge in [-0.2, -0.15) is 0 Å². The van der Waals surface area contributed by atoms with Gasteiger partial charge in [0, 0.05) is 16.5 Å². The van der Waals surface area contributed by atoms with Gasteiger partial charge in [-0.25, -0.2) is 0 Å². The molecule has 0 saturated carbocycles. The minimum absolute atomic E-state index is 0.0833. The first-order valence-corrected chi connectivity index (χ1v) is 21.4. The topological polar surface area (TPSA) is 25.2 Å². The lowest BCUT2D eigenvalue weighted by Gasteiger charge is -2.13. The molecule has 0 spiro atoms. The second-order valence-electron chi connectivity index (χ2n) is 14.5. The van der Waals surface area contributed by atoms with Crippen molar-refractivity contribution in [1.29, 1.82) is 0 Å². The number of aliphatic hydroxyl groups is 1. The quantitative estimate of drug-likeness (QED) is 0.0703. The molecule has 0 amide bonds. The molecule has 0 atom stereocenters. The van der Waals surface area contributed by atoms with E-state index in [9.17, 15) is 0 Å². The maximum absolute atomic E-state index is 7.76. The molecule has 1 aliphatic rings. The van der Waals surface area contributed by atoms with E-state index < -0.39 is 0 Å². The Morgan fingerprint density at radius 2 is 0.966 bits per heavy atom. The molecule has 0 saturated heterocycles. The fourth-order valence-corrected chi connectivity index (χ4v) is 8.75. The molecule has 2 nitrogen and oxygen atoms in total. The van der Waals surface area contributed by atoms with E-state index in [0.717, 1.165) is 6.42 Å². The first kappa shape index (κ1) is 39.5. The average molecular weight is 800 g/mol. The number of aliphatic hydroxyl groups excluding tert-OH is 1. The molecular formula is C55H45NOS2. The predicted molar refractivity (Wildman–Crippen MR) is 264 cm³/mol. The van der Waals surface area contributed by atoms with E-state index >= 15 is 0 Å². The monoisotopic (exact) mass is 799 g/mol. The molecule has 59 heavy (non-hydrogen) atoms. The summed E-state index contributed by atoms with van der Waals surface area (Å²) in [5.74, 6) is 0. The normalized spacial score (nSPS) is 11.2. The number of hydrogen-bond acceptors (Lipinski definition) is 3. The molecule has 0 unspecified atom stereocenters. The Morgan fingerprint density at radius 1 is 0.492 bits per heavy atom. The third-order valence-corrected chi connectivity index (χ3v) is 11.1. The van der Waals surface area contributed by atoms with Crippen LogP contribution in [0.4, 0.5) is 0 Å². The highest BCUT2D eigenvalue weighted by Crippen LogP contribution is 2.44. The Bertz CT molecular complexity index is 3070. The first-order chi connectivity index (χ1) is 29.1. The minimum Gasteiger partial charge on any atom is -0.392 e. The van der Waals surface area contributed by atoms with Gasteiger partial charge < -0.3 is 9.67 Å². The average Bonchev–Trinajstić information content (AvgIpc) is 3.85. The molecule has 1 heterocycles. The zero-order chi connectivity index (χ0) is 40.9. The number of nitrogens with zero attached hydrogens (tertiary/aromatic N) is 1. The van der Waals surface area contributed by atoms with Gasteiger partial charge in [-0.3, -0.25) is 0 Å². The summed E-state index contributed by atoms with van der Waals surface area (Å²) in [7, 11) is 0. The number of benzene rings is 9. The van der Waals surface area contributed by atoms with Crippen molar-refractivity contribution in [3.8, 4) is 39.1 Å². The first-order valence-electron chi connectivity index (χ1n) is 19.8. The Morgan fingerprint density at radius 3 is 1.56 bits per heavy atom. The smallest absolute Gasteiger partial charge is 0.0609 e. The van der Waals surface area contributed by atoms with E-state index in [1.165, 1.54) is 110 Å². The second kappa shape index (κ2) is 17.7. The lowest BCUT2D eigenvalue weighted by atomic mass is 9.90. The van der Waals surface area contributed by atoms with Gasteiger partial charge in [0.2, 0.25) is 0 Å². The van der Waals surface area contributed by atoms with Gasteiger partial charge in [0.1, 0.15) is 0 Å². The van der Waals surface area contributed by atoms with Crippen LogP contribution in [0.2, 0.25) is 0 Å². The summed E-state index contributed by atoms with van der Waals surface area (Å²) in [4.78, 5) is 0. The third-order valence-electron chi connectivity index (χ3n) is 11.1. The fraction of sp³-hybridized carbons (Fsp3) is 0.0545. The summed E-state index contributed by atoms with van der Waals surface area (Å²) < 4.78 is 2.42. The van der Waals surface area contributed by atoms with Crippen LogP contribution in [0.5, 0.6) is 0 Å². The Hall–Kier alpha value is -6.30. The summed E-state index contributed by atoms with van der Waals surface area (Å²) in [5, 5.41) is 18.2. The van der Waals surface area contributed by atoms with E-state index in [2.05, 4.69) is 217 Å². The van der Waals surface area contributed by atoms with Crippen molar-refractivity contribution < 1.29 is 5.11 Å². The van der Waals surface area contributed by atoms with E-state index in [0.29, 0.717) is 0 Å². The molecule has 0 fully saturated rings. The Balaban J connectivity index is 0.000000497. The van der Waals surface area contributed by atoms with Gasteiger partial charge in [0.15, 0.2) is 0 Å². The molecule has 11 rings (SSSR count). The summed E-state index contributed by atoms with van der Waals surface area (Å²) in [5.41, 5.74) is 14.2. The number of allylic oxidation sites excluding steroid dienone is 1. The van der Waals surface area contributed by atoms with Gasteiger partial charge in [-0.05, 0) is 127 Å². The van der Waals surface area contributed by atoms with Crippen LogP contribution in [0.1, 0.15) is 18.1 Å². The SMILES string of the molecule is C=CC.C=CCO.SS.c1cc(-c2ccc3c4ccccc4c4ccccc4c3c2)cc(-c2cccc3c2Cc2ccc(-n4c5ccccc5c5ccccc54)cc2-3)c1. The van der Waals surface area contributed by atoms with Gasteiger partial charge in [-0.15, -0.1) is 36.5 Å². The van der Waals surface area contributed by atoms with E-state index in [1.54, 1.807) is 6.08 Å². The van der Waals surface area contributed by atoms with Gasteiger partial charge in [-0.1, -0.05) is 152 Å². The Labute approximate surface area is 356 Å². The molecule has 0 aliphatic heterocycles. The van der Waals surface area contributed by atoms with Crippen molar-refractivity contribution in [2.45, 2.75) is 13.3 Å². The zero-order valence-electron chi connectivity index (χ0n) is 33.0. The van der Waals surface area contributed by atoms with Crippen LogP contribution in [-0.2, 0) is 6.42 Å². The number of fused-ring (bicyclic) bond motifs is 12. The number of aromatic nitrogens is 1. The third kappa shape index (κ3) is 7.25. The lowest BCUT2D eigenvalue weighted by molar-refractivity contribution is 0.343. The van der Waals surface area contributed by atoms with Crippen LogP contribution >= 0.6 is 23.3 Å². The highest BCUT2D eigenvalue weighted by Gasteiger charge is 2.23. The molecule has 1 aliphatic carbocycles. The summed E-state index contributed by atoms with van der Waals surface area (Å²) in [6.07, 6.45) is 4.12. The minimum atomic E-state index is 0.0833. The highest BCUT2D eigenvalue weighted by molar-refractivity contribution is 8.59. The van der Waals surface area contributed by atoms with E-state index in [1.807, 2.05) is 6.92 Å². The van der Waals surface area contributed by atoms with Crippen LogP contribution in [0.25, 0.3) is 93.2 Å². The molecule has 4 heteroatoms. The molecule has 10 aromatic rings. The second-order valence-corrected chi connectivity index (χ2v) is 14.5. The van der Waals surface area contributed by atoms with Crippen LogP contribution in [0.15, 0.2) is 201 Å². The van der Waals surface area contributed by atoms with Crippen molar-refractivity contribution in [2.24, 2.45) is 0 Å². The maximum atomic E-state index is 7.76. The number of para-hydroxylation sites is 2.